The minimum atomic E-state index is -1.15. The second-order valence-electron chi connectivity index (χ2n) is 15.3. The molecule has 1 fully saturated rings. The first-order chi connectivity index (χ1) is 23.3. The van der Waals surface area contributed by atoms with Gasteiger partial charge in [-0.1, -0.05) is 80.2 Å². The molecule has 276 valence electrons. The van der Waals surface area contributed by atoms with E-state index < -0.39 is 32.5 Å². The fraction of sp³-hybridized carbons (Fsp3) is 0.675. The molecule has 0 amide bonds. The molecule has 0 aromatic heterocycles. The molecule has 0 unspecified atom stereocenters. The Morgan fingerprint density at radius 2 is 1.88 bits per heavy atom. The van der Waals surface area contributed by atoms with Crippen molar-refractivity contribution in [1.82, 2.24) is 0 Å². The fourth-order valence-corrected chi connectivity index (χ4v) is 8.29. The van der Waals surface area contributed by atoms with Gasteiger partial charge in [-0.25, -0.2) is 4.79 Å². The summed E-state index contributed by atoms with van der Waals surface area (Å²) in [7, 11) is 0.416. The number of carbonyl (C=O) groups is 1. The first-order valence-corrected chi connectivity index (χ1v) is 21.9. The molecule has 0 radical (unpaired) electrons. The maximum atomic E-state index is 13.2. The van der Waals surface area contributed by atoms with E-state index in [9.17, 15) is 4.79 Å². The van der Waals surface area contributed by atoms with Crippen LogP contribution in [0, 0.1) is 5.92 Å². The predicted molar refractivity (Wildman–Crippen MR) is 199 cm³/mol. The van der Waals surface area contributed by atoms with Crippen LogP contribution in [0.15, 0.2) is 72.4 Å². The van der Waals surface area contributed by atoms with Crippen molar-refractivity contribution in [3.05, 3.63) is 72.4 Å². The van der Waals surface area contributed by atoms with E-state index in [2.05, 4.69) is 58.3 Å². The van der Waals surface area contributed by atoms with Gasteiger partial charge in [-0.15, -0.1) is 6.58 Å². The van der Waals surface area contributed by atoms with Gasteiger partial charge < -0.3 is 33.2 Å². The fourth-order valence-electron chi connectivity index (χ4n) is 6.65. The maximum Gasteiger partial charge on any atom is 0.330 e. The van der Waals surface area contributed by atoms with Crippen LogP contribution in [0.3, 0.4) is 0 Å². The van der Waals surface area contributed by atoms with E-state index in [4.69, 9.17) is 33.2 Å². The van der Waals surface area contributed by atoms with Crippen LogP contribution in [-0.2, 0) is 38.0 Å². The molecule has 0 bridgehead atoms. The highest BCUT2D eigenvalue weighted by Crippen LogP contribution is 2.27. The van der Waals surface area contributed by atoms with E-state index in [1.807, 2.05) is 44.2 Å². The standard InChI is InChI=1S/C40H64O8Si/c1-29-21-22-43-35(24-29)19-20-37(44-28-42-6)38(16-12-18-40-45-32(4)26-33(5)46-40)48-39(41)17-11-14-34-13-10-15-36(47-34)25-30(2)23-31(3)27-49(7,8)9/h10-13,17-21,30,32-38,40H,3,14-16,22-28H2,1-2,4-9H3/b17-11-,18-12+,20-19+/t30-,32+,33+,34-,35+,36-,37-,38-/m0/s1. The van der Waals surface area contributed by atoms with Crippen LogP contribution < -0.4 is 0 Å². The number of allylic oxidation sites excluding steroid dienone is 1. The first-order valence-electron chi connectivity index (χ1n) is 18.2. The lowest BCUT2D eigenvalue weighted by atomic mass is 9.94. The van der Waals surface area contributed by atoms with Gasteiger partial charge in [0, 0.05) is 27.7 Å². The molecular weight excluding hydrogens is 637 g/mol. The number of ether oxygens (including phenoxy) is 7. The van der Waals surface area contributed by atoms with Crippen LogP contribution in [0.4, 0.5) is 0 Å². The van der Waals surface area contributed by atoms with Gasteiger partial charge in [-0.2, -0.15) is 0 Å². The van der Waals surface area contributed by atoms with Crippen LogP contribution in [-0.4, -0.2) is 83.6 Å². The first kappa shape index (κ1) is 41.3. The van der Waals surface area contributed by atoms with Gasteiger partial charge in [0.25, 0.3) is 0 Å². The monoisotopic (exact) mass is 700 g/mol. The van der Waals surface area contributed by atoms with Gasteiger partial charge in [0.2, 0.25) is 0 Å². The molecule has 3 heterocycles. The Morgan fingerprint density at radius 3 is 2.57 bits per heavy atom. The van der Waals surface area contributed by atoms with Crippen LogP contribution in [0.1, 0.15) is 72.6 Å². The summed E-state index contributed by atoms with van der Waals surface area (Å²) in [5, 5.41) is 0. The summed E-state index contributed by atoms with van der Waals surface area (Å²) < 4.78 is 41.4. The Kier molecular flexibility index (Phi) is 18.0. The second kappa shape index (κ2) is 21.3. The molecule has 0 saturated carbocycles. The van der Waals surface area contributed by atoms with E-state index >= 15 is 0 Å². The van der Waals surface area contributed by atoms with E-state index in [1.165, 1.54) is 23.3 Å². The minimum absolute atomic E-state index is 0.0501. The Labute approximate surface area is 297 Å². The van der Waals surface area contributed by atoms with E-state index in [-0.39, 0.29) is 37.3 Å². The lowest BCUT2D eigenvalue weighted by Gasteiger charge is -2.31. The van der Waals surface area contributed by atoms with Gasteiger partial charge in [0.1, 0.15) is 19.0 Å². The van der Waals surface area contributed by atoms with Crippen LogP contribution in [0.25, 0.3) is 0 Å². The average Bonchev–Trinajstić information content (AvgIpc) is 2.99. The normalized spacial score (nSPS) is 28.5. The summed E-state index contributed by atoms with van der Waals surface area (Å²) in [6.45, 7) is 20.6. The van der Waals surface area contributed by atoms with E-state index in [1.54, 1.807) is 7.11 Å². The number of esters is 1. The summed E-state index contributed by atoms with van der Waals surface area (Å²) in [5.74, 6) is 0.0804. The van der Waals surface area contributed by atoms with Crippen LogP contribution >= 0.6 is 0 Å². The number of methoxy groups -OCH3 is 1. The van der Waals surface area contributed by atoms with E-state index in [0.29, 0.717) is 25.4 Å². The van der Waals surface area contributed by atoms with Crippen molar-refractivity contribution in [1.29, 1.82) is 0 Å². The second-order valence-corrected chi connectivity index (χ2v) is 20.8. The van der Waals surface area contributed by atoms with Crippen molar-refractivity contribution in [3.63, 3.8) is 0 Å². The third kappa shape index (κ3) is 17.1. The smallest absolute Gasteiger partial charge is 0.330 e. The predicted octanol–water partition coefficient (Wildman–Crippen LogP) is 8.64. The molecule has 8 atom stereocenters. The molecule has 3 aliphatic heterocycles. The van der Waals surface area contributed by atoms with Crippen molar-refractivity contribution in [2.75, 3.05) is 20.5 Å². The van der Waals surface area contributed by atoms with Gasteiger partial charge in [-0.05, 0) is 77.3 Å². The molecule has 1 saturated heterocycles. The molecule has 3 rings (SSSR count). The van der Waals surface area contributed by atoms with Crippen LogP contribution in [0.2, 0.25) is 25.7 Å². The Bertz CT molecular complexity index is 1160. The molecule has 0 aromatic rings. The molecule has 0 N–H and O–H groups in total. The lowest BCUT2D eigenvalue weighted by molar-refractivity contribution is -0.210. The summed E-state index contributed by atoms with van der Waals surface area (Å²) in [5.41, 5.74) is 2.65. The third-order valence-corrected chi connectivity index (χ3v) is 10.2. The lowest BCUT2D eigenvalue weighted by Crippen LogP contribution is -2.34. The molecular formula is C40H64O8Si. The largest absolute Gasteiger partial charge is 0.456 e. The molecule has 49 heavy (non-hydrogen) atoms. The Balaban J connectivity index is 1.61. The van der Waals surface area contributed by atoms with Gasteiger partial charge >= 0.3 is 5.97 Å². The van der Waals surface area contributed by atoms with Crippen molar-refractivity contribution in [2.45, 2.75) is 147 Å². The SMILES string of the molecule is C=C(C[C@H](C)C[C@@H]1CC=C[C@@H](C/C=C\C(=O)O[C@@H](C/C=C/C2O[C@H](C)C[C@@H](C)O2)[C@H](/C=C/[C@@H]2CC(C)=CCO2)OCOC)O1)C[Si](C)(C)C. The number of rotatable bonds is 19. The summed E-state index contributed by atoms with van der Waals surface area (Å²) in [4.78, 5) is 13.2. The van der Waals surface area contributed by atoms with Gasteiger partial charge in [0.05, 0.1) is 37.1 Å². The zero-order valence-corrected chi connectivity index (χ0v) is 32.4. The van der Waals surface area contributed by atoms with E-state index in [0.717, 1.165) is 32.1 Å². The van der Waals surface area contributed by atoms with Crippen molar-refractivity contribution < 1.29 is 38.0 Å². The minimum Gasteiger partial charge on any atom is -0.456 e. The van der Waals surface area contributed by atoms with Crippen LogP contribution in [0.5, 0.6) is 0 Å². The van der Waals surface area contributed by atoms with Crippen molar-refractivity contribution in [2.24, 2.45) is 5.92 Å². The Morgan fingerprint density at radius 1 is 1.12 bits per heavy atom. The van der Waals surface area contributed by atoms with Crippen molar-refractivity contribution >= 4 is 14.0 Å². The average molecular weight is 701 g/mol. The zero-order chi connectivity index (χ0) is 35.8. The van der Waals surface area contributed by atoms with Gasteiger partial charge in [-0.3, -0.25) is 0 Å². The quantitative estimate of drug-likeness (QED) is 0.0436. The summed E-state index contributed by atoms with van der Waals surface area (Å²) in [6.07, 6.45) is 21.6. The number of carbonyl (C=O) groups excluding carboxylic acids is 1. The highest BCUT2D eigenvalue weighted by atomic mass is 28.3. The molecule has 0 aliphatic carbocycles. The third-order valence-electron chi connectivity index (χ3n) is 8.67. The highest BCUT2D eigenvalue weighted by Gasteiger charge is 2.26. The van der Waals surface area contributed by atoms with Crippen molar-refractivity contribution in [3.8, 4) is 0 Å². The number of hydrogen-bond acceptors (Lipinski definition) is 8. The Hall–Kier alpha value is -2.11. The highest BCUT2D eigenvalue weighted by molar-refractivity contribution is 6.76. The van der Waals surface area contributed by atoms with Gasteiger partial charge in [0.15, 0.2) is 6.29 Å². The molecule has 3 aliphatic rings. The molecule has 9 heteroatoms. The molecule has 0 spiro atoms. The molecule has 0 aromatic carbocycles. The zero-order valence-electron chi connectivity index (χ0n) is 31.4. The molecule has 8 nitrogen and oxygen atoms in total. The summed E-state index contributed by atoms with van der Waals surface area (Å²) >= 11 is 0. The maximum absolute atomic E-state index is 13.2. The summed E-state index contributed by atoms with van der Waals surface area (Å²) in [6, 6.07) is 1.17. The number of hydrogen-bond donors (Lipinski definition) is 0. The topological polar surface area (TPSA) is 81.7 Å².